The second kappa shape index (κ2) is 2.94. The molecule has 2 unspecified atom stereocenters. The number of alkyl halides is 1. The summed E-state index contributed by atoms with van der Waals surface area (Å²) < 4.78 is 12.9. The quantitative estimate of drug-likeness (QED) is 0.674. The Kier molecular flexibility index (Phi) is 2.31. The lowest BCUT2D eigenvalue weighted by atomic mass is 10.0. The third kappa shape index (κ3) is 1.47. The van der Waals surface area contributed by atoms with E-state index in [9.17, 15) is 9.18 Å². The number of hydrogen-bond acceptors (Lipinski definition) is 2. The molecule has 0 radical (unpaired) electrons. The van der Waals surface area contributed by atoms with E-state index >= 15 is 0 Å². The minimum atomic E-state index is -1.05. The molecule has 0 spiro atoms. The summed E-state index contributed by atoms with van der Waals surface area (Å²) in [6.45, 7) is 4.89. The van der Waals surface area contributed by atoms with Crippen molar-refractivity contribution in [1.29, 1.82) is 5.26 Å². The van der Waals surface area contributed by atoms with E-state index in [1.165, 1.54) is 4.90 Å². The van der Waals surface area contributed by atoms with E-state index in [0.29, 0.717) is 0 Å². The van der Waals surface area contributed by atoms with Crippen LogP contribution >= 0.6 is 0 Å². The molecule has 0 aromatic heterocycles. The molecule has 1 aliphatic carbocycles. The fourth-order valence-corrected chi connectivity index (χ4v) is 1.25. The van der Waals surface area contributed by atoms with Crippen molar-refractivity contribution < 1.29 is 9.18 Å². The van der Waals surface area contributed by atoms with Crippen LogP contribution in [0, 0.1) is 16.7 Å². The Bertz CT molecular complexity index is 308. The molecule has 4 heteroatoms. The van der Waals surface area contributed by atoms with Crippen LogP contribution in [0.4, 0.5) is 4.39 Å². The first-order valence-electron chi connectivity index (χ1n) is 4.59. The van der Waals surface area contributed by atoms with Gasteiger partial charge in [-0.15, -0.1) is 0 Å². The van der Waals surface area contributed by atoms with Gasteiger partial charge >= 0.3 is 0 Å². The van der Waals surface area contributed by atoms with Gasteiger partial charge in [-0.05, 0) is 27.2 Å². The smallest absolute Gasteiger partial charge is 0.232 e. The zero-order chi connectivity index (χ0) is 11.1. The van der Waals surface area contributed by atoms with E-state index in [4.69, 9.17) is 5.26 Å². The lowest BCUT2D eigenvalue weighted by molar-refractivity contribution is -0.139. The van der Waals surface area contributed by atoms with Gasteiger partial charge in [-0.1, -0.05) is 0 Å². The zero-order valence-corrected chi connectivity index (χ0v) is 8.97. The third-order valence-corrected chi connectivity index (χ3v) is 3.04. The topological polar surface area (TPSA) is 44.1 Å². The molecule has 1 fully saturated rings. The number of amides is 1. The molecule has 0 aromatic carbocycles. The van der Waals surface area contributed by atoms with Crippen LogP contribution in [0.2, 0.25) is 0 Å². The van der Waals surface area contributed by atoms with Gasteiger partial charge in [0.2, 0.25) is 5.91 Å². The van der Waals surface area contributed by atoms with Gasteiger partial charge in [-0.25, -0.2) is 4.39 Å². The van der Waals surface area contributed by atoms with Gasteiger partial charge in [-0.2, -0.15) is 5.26 Å². The Morgan fingerprint density at radius 3 is 2.43 bits per heavy atom. The van der Waals surface area contributed by atoms with Crippen molar-refractivity contribution in [2.75, 3.05) is 7.05 Å². The monoisotopic (exact) mass is 198 g/mol. The summed E-state index contributed by atoms with van der Waals surface area (Å²) in [5.74, 6) is -0.281. The molecule has 78 valence electrons. The molecule has 0 heterocycles. The molecule has 0 N–H and O–H groups in total. The first kappa shape index (κ1) is 11.0. The predicted molar refractivity (Wildman–Crippen MR) is 50.1 cm³/mol. The Balaban J connectivity index is 2.78. The summed E-state index contributed by atoms with van der Waals surface area (Å²) in [6, 6.07) is 2.02. The van der Waals surface area contributed by atoms with E-state index in [0.717, 1.165) is 0 Å². The number of carbonyl (C=O) groups is 1. The maximum Gasteiger partial charge on any atom is 0.232 e. The van der Waals surface area contributed by atoms with Crippen molar-refractivity contribution in [1.82, 2.24) is 4.90 Å². The molecule has 1 rings (SSSR count). The molecule has 0 saturated heterocycles. The molecule has 0 aliphatic heterocycles. The van der Waals surface area contributed by atoms with Gasteiger partial charge in [-0.3, -0.25) is 4.79 Å². The van der Waals surface area contributed by atoms with E-state index in [-0.39, 0.29) is 12.3 Å². The van der Waals surface area contributed by atoms with Crippen LogP contribution in [0.15, 0.2) is 0 Å². The Labute approximate surface area is 83.5 Å². The predicted octanol–water partition coefficient (Wildman–Crippen LogP) is 1.50. The van der Waals surface area contributed by atoms with E-state index in [2.05, 4.69) is 0 Å². The first-order valence-corrected chi connectivity index (χ1v) is 4.59. The largest absolute Gasteiger partial charge is 0.327 e. The molecular weight excluding hydrogens is 183 g/mol. The highest BCUT2D eigenvalue weighted by Crippen LogP contribution is 2.49. The lowest BCUT2D eigenvalue weighted by Crippen LogP contribution is -2.47. The molecule has 3 nitrogen and oxygen atoms in total. The van der Waals surface area contributed by atoms with Crippen molar-refractivity contribution >= 4 is 5.91 Å². The number of carbonyl (C=O) groups excluding carboxylic acids is 1. The van der Waals surface area contributed by atoms with Gasteiger partial charge in [0.15, 0.2) is 0 Å². The molecule has 0 aromatic rings. The number of rotatable bonds is 2. The highest BCUT2D eigenvalue weighted by atomic mass is 19.1. The van der Waals surface area contributed by atoms with Gasteiger partial charge in [0, 0.05) is 7.05 Å². The van der Waals surface area contributed by atoms with E-state index in [1.807, 2.05) is 6.07 Å². The number of halogens is 1. The molecule has 0 bridgehead atoms. The van der Waals surface area contributed by atoms with Gasteiger partial charge in [0.1, 0.15) is 11.7 Å². The average molecular weight is 198 g/mol. The molecule has 1 saturated carbocycles. The van der Waals surface area contributed by atoms with Crippen molar-refractivity contribution in [3.05, 3.63) is 0 Å². The maximum atomic E-state index is 12.9. The second-order valence-electron chi connectivity index (χ2n) is 4.62. The van der Waals surface area contributed by atoms with Crippen LogP contribution in [0.1, 0.15) is 27.2 Å². The van der Waals surface area contributed by atoms with Crippen LogP contribution in [0.3, 0.4) is 0 Å². The SMILES string of the molecule is CN(C(=O)C1(C)CC1F)C(C)(C)C#N. The minimum absolute atomic E-state index is 0.275. The molecular formula is C10H15FN2O. The van der Waals surface area contributed by atoms with Crippen molar-refractivity contribution in [3.8, 4) is 6.07 Å². The number of nitriles is 1. The fourth-order valence-electron chi connectivity index (χ4n) is 1.25. The Morgan fingerprint density at radius 2 is 2.14 bits per heavy atom. The van der Waals surface area contributed by atoms with Gasteiger partial charge in [0.05, 0.1) is 11.5 Å². The summed E-state index contributed by atoms with van der Waals surface area (Å²) in [5.41, 5.74) is -1.76. The van der Waals surface area contributed by atoms with Crippen molar-refractivity contribution in [3.63, 3.8) is 0 Å². The van der Waals surface area contributed by atoms with Crippen LogP contribution in [-0.2, 0) is 4.79 Å². The zero-order valence-electron chi connectivity index (χ0n) is 8.97. The van der Waals surface area contributed by atoms with Gasteiger partial charge in [0.25, 0.3) is 0 Å². The summed E-state index contributed by atoms with van der Waals surface area (Å²) in [4.78, 5) is 13.1. The molecule has 1 amide bonds. The molecule has 1 aliphatic rings. The summed E-state index contributed by atoms with van der Waals surface area (Å²) in [6.07, 6.45) is -0.774. The average Bonchev–Trinajstić information content (AvgIpc) is 2.73. The standard InChI is InChI=1S/C10H15FN2O/c1-9(2,6-12)13(4)8(14)10(3)5-7(10)11/h7H,5H2,1-4H3. The van der Waals surface area contributed by atoms with Crippen LogP contribution in [0.5, 0.6) is 0 Å². The summed E-state index contributed by atoms with van der Waals surface area (Å²) in [5, 5.41) is 8.83. The molecule has 2 atom stereocenters. The maximum absolute atomic E-state index is 12.9. The van der Waals surface area contributed by atoms with Gasteiger partial charge < -0.3 is 4.90 Å². The third-order valence-electron chi connectivity index (χ3n) is 3.04. The first-order chi connectivity index (χ1) is 6.25. The lowest BCUT2D eigenvalue weighted by Gasteiger charge is -2.31. The fraction of sp³-hybridized carbons (Fsp3) is 0.800. The highest BCUT2D eigenvalue weighted by Gasteiger charge is 2.59. The van der Waals surface area contributed by atoms with Crippen LogP contribution in [-0.4, -0.2) is 29.6 Å². The van der Waals surface area contributed by atoms with Crippen LogP contribution in [0.25, 0.3) is 0 Å². The van der Waals surface area contributed by atoms with E-state index in [1.54, 1.807) is 27.8 Å². The second-order valence-corrected chi connectivity index (χ2v) is 4.62. The van der Waals surface area contributed by atoms with E-state index < -0.39 is 17.1 Å². The summed E-state index contributed by atoms with van der Waals surface area (Å²) in [7, 11) is 1.54. The highest BCUT2D eigenvalue weighted by molar-refractivity contribution is 5.86. The Hall–Kier alpha value is -1.11. The normalized spacial score (nSPS) is 30.7. The van der Waals surface area contributed by atoms with Crippen molar-refractivity contribution in [2.24, 2.45) is 5.41 Å². The number of hydrogen-bond donors (Lipinski definition) is 0. The molecule has 14 heavy (non-hydrogen) atoms. The van der Waals surface area contributed by atoms with Crippen LogP contribution < -0.4 is 0 Å². The minimum Gasteiger partial charge on any atom is -0.327 e. The Morgan fingerprint density at radius 1 is 1.71 bits per heavy atom. The number of nitrogens with zero attached hydrogens (tertiary/aromatic N) is 2. The van der Waals surface area contributed by atoms with Crippen molar-refractivity contribution in [2.45, 2.75) is 38.9 Å². The summed E-state index contributed by atoms with van der Waals surface area (Å²) >= 11 is 0.